The first-order valence-corrected chi connectivity index (χ1v) is 8.67. The quantitative estimate of drug-likeness (QED) is 0.389. The predicted molar refractivity (Wildman–Crippen MR) is 99.8 cm³/mol. The molecule has 0 aliphatic heterocycles. The number of carbonyl (C=O) groups is 1. The molecule has 9 heteroatoms. The molecule has 0 radical (unpaired) electrons. The van der Waals surface area contributed by atoms with E-state index in [0.717, 1.165) is 16.8 Å². The molecule has 1 aromatic heterocycles. The van der Waals surface area contributed by atoms with Gasteiger partial charge in [0.2, 0.25) is 5.91 Å². The van der Waals surface area contributed by atoms with Gasteiger partial charge in [-0.05, 0) is 25.1 Å². The Hall–Kier alpha value is -3.07. The van der Waals surface area contributed by atoms with Gasteiger partial charge in [-0.3, -0.25) is 14.9 Å². The summed E-state index contributed by atoms with van der Waals surface area (Å²) in [5, 5.41) is 14.3. The molecule has 26 heavy (non-hydrogen) atoms. The second-order valence-electron chi connectivity index (χ2n) is 5.47. The summed E-state index contributed by atoms with van der Waals surface area (Å²) in [5.41, 5.74) is 2.43. The van der Waals surface area contributed by atoms with E-state index in [1.165, 1.54) is 17.8 Å². The van der Waals surface area contributed by atoms with Crippen LogP contribution >= 0.6 is 11.8 Å². The highest BCUT2D eigenvalue weighted by molar-refractivity contribution is 7.99. The minimum atomic E-state index is -0.470. The summed E-state index contributed by atoms with van der Waals surface area (Å²) in [6, 6.07) is 10.1. The summed E-state index contributed by atoms with van der Waals surface area (Å²) in [6.07, 6.45) is 0. The highest BCUT2D eigenvalue weighted by Gasteiger charge is 2.15. The van der Waals surface area contributed by atoms with Gasteiger partial charge in [-0.15, -0.1) is 0 Å². The van der Waals surface area contributed by atoms with E-state index in [0.29, 0.717) is 16.4 Å². The smallest absolute Gasteiger partial charge is 0.274 e. The normalized spacial score (nSPS) is 10.7. The fourth-order valence-corrected chi connectivity index (χ4v) is 3.12. The van der Waals surface area contributed by atoms with Gasteiger partial charge in [-0.25, -0.2) is 4.98 Å². The molecule has 134 valence electrons. The third kappa shape index (κ3) is 3.77. The van der Waals surface area contributed by atoms with Gasteiger partial charge in [0.05, 0.1) is 40.1 Å². The number of imidazole rings is 1. The van der Waals surface area contributed by atoms with Crippen molar-refractivity contribution in [3.63, 3.8) is 0 Å². The van der Waals surface area contributed by atoms with Crippen LogP contribution in [0, 0.1) is 17.0 Å². The minimum absolute atomic E-state index is 0.0262. The molecule has 0 aliphatic rings. The molecule has 0 fully saturated rings. The van der Waals surface area contributed by atoms with Crippen LogP contribution in [0.25, 0.3) is 11.0 Å². The molecule has 3 aromatic rings. The standard InChI is InChI=1S/C17H16N4O4S/c1-10-12(4-3-5-15(10)21(23)24)18-16(22)9-26-17-19-13-7-6-11(25-2)8-14(13)20-17/h3-8H,9H2,1-2H3,(H,18,22)(H,19,20). The lowest BCUT2D eigenvalue weighted by Gasteiger charge is -2.07. The number of methoxy groups -OCH3 is 1. The van der Waals surface area contributed by atoms with Gasteiger partial charge in [0, 0.05) is 12.1 Å². The van der Waals surface area contributed by atoms with Gasteiger partial charge in [0.15, 0.2) is 5.16 Å². The molecule has 0 aliphatic carbocycles. The van der Waals surface area contributed by atoms with Crippen molar-refractivity contribution in [1.29, 1.82) is 0 Å². The van der Waals surface area contributed by atoms with Crippen molar-refractivity contribution in [3.05, 3.63) is 52.1 Å². The molecule has 1 heterocycles. The number of nitro groups is 1. The van der Waals surface area contributed by atoms with Crippen molar-refractivity contribution in [2.75, 3.05) is 18.2 Å². The van der Waals surface area contributed by atoms with Crippen LogP contribution in [0.4, 0.5) is 11.4 Å². The summed E-state index contributed by atoms with van der Waals surface area (Å²) in [7, 11) is 1.59. The molecule has 0 spiro atoms. The Morgan fingerprint density at radius 2 is 2.19 bits per heavy atom. The molecular weight excluding hydrogens is 356 g/mol. The van der Waals surface area contributed by atoms with Crippen molar-refractivity contribution in [3.8, 4) is 5.75 Å². The molecule has 0 saturated carbocycles. The van der Waals surface area contributed by atoms with Crippen LogP contribution in [0.1, 0.15) is 5.56 Å². The van der Waals surface area contributed by atoms with Crippen LogP contribution in [0.5, 0.6) is 5.75 Å². The number of amides is 1. The van der Waals surface area contributed by atoms with Gasteiger partial charge < -0.3 is 15.0 Å². The third-order valence-corrected chi connectivity index (χ3v) is 4.66. The van der Waals surface area contributed by atoms with E-state index >= 15 is 0 Å². The number of thioether (sulfide) groups is 1. The van der Waals surface area contributed by atoms with Crippen molar-refractivity contribution in [2.24, 2.45) is 0 Å². The van der Waals surface area contributed by atoms with Gasteiger partial charge in [-0.1, -0.05) is 17.8 Å². The number of aromatic amines is 1. The van der Waals surface area contributed by atoms with E-state index in [-0.39, 0.29) is 17.3 Å². The Labute approximate surface area is 153 Å². The van der Waals surface area contributed by atoms with E-state index in [1.807, 2.05) is 18.2 Å². The first kappa shape index (κ1) is 17.7. The van der Waals surface area contributed by atoms with Crippen LogP contribution < -0.4 is 10.1 Å². The van der Waals surface area contributed by atoms with E-state index < -0.39 is 4.92 Å². The molecule has 0 atom stereocenters. The van der Waals surface area contributed by atoms with Crippen LogP contribution in [0.3, 0.4) is 0 Å². The van der Waals surface area contributed by atoms with E-state index in [9.17, 15) is 14.9 Å². The first-order valence-electron chi connectivity index (χ1n) is 7.68. The van der Waals surface area contributed by atoms with E-state index in [1.54, 1.807) is 26.2 Å². The average Bonchev–Trinajstić information content (AvgIpc) is 3.03. The number of H-pyrrole nitrogens is 1. The highest BCUT2D eigenvalue weighted by atomic mass is 32.2. The number of hydrogen-bond acceptors (Lipinski definition) is 6. The Kier molecular flexibility index (Phi) is 5.08. The summed E-state index contributed by atoms with van der Waals surface area (Å²) in [5.74, 6) is 0.576. The van der Waals surface area contributed by atoms with Crippen molar-refractivity contribution >= 4 is 40.1 Å². The second kappa shape index (κ2) is 7.44. The molecule has 3 rings (SSSR count). The number of nitro benzene ring substituents is 1. The largest absolute Gasteiger partial charge is 0.497 e. The molecule has 2 N–H and O–H groups in total. The number of carbonyl (C=O) groups excluding carboxylic acids is 1. The number of nitrogens with zero attached hydrogens (tertiary/aromatic N) is 2. The summed E-state index contributed by atoms with van der Waals surface area (Å²) >= 11 is 1.25. The third-order valence-electron chi connectivity index (χ3n) is 3.78. The summed E-state index contributed by atoms with van der Waals surface area (Å²) < 4.78 is 5.17. The van der Waals surface area contributed by atoms with Crippen LogP contribution in [0.2, 0.25) is 0 Å². The fourth-order valence-electron chi connectivity index (χ4n) is 2.44. The van der Waals surface area contributed by atoms with Crippen LogP contribution in [-0.2, 0) is 4.79 Å². The number of anilines is 1. The van der Waals surface area contributed by atoms with Crippen LogP contribution in [-0.4, -0.2) is 33.7 Å². The Bertz CT molecular complexity index is 986. The van der Waals surface area contributed by atoms with E-state index in [4.69, 9.17) is 4.74 Å². The zero-order valence-electron chi connectivity index (χ0n) is 14.1. The lowest BCUT2D eigenvalue weighted by Crippen LogP contribution is -2.15. The Balaban J connectivity index is 1.66. The number of rotatable bonds is 6. The number of fused-ring (bicyclic) bond motifs is 1. The second-order valence-corrected chi connectivity index (χ2v) is 6.43. The lowest BCUT2D eigenvalue weighted by atomic mass is 10.1. The molecule has 1 amide bonds. The number of benzene rings is 2. The maximum Gasteiger partial charge on any atom is 0.274 e. The number of nitrogens with one attached hydrogen (secondary N) is 2. The number of hydrogen-bond donors (Lipinski definition) is 2. The number of ether oxygens (including phenoxy) is 1. The molecule has 0 bridgehead atoms. The highest BCUT2D eigenvalue weighted by Crippen LogP contribution is 2.26. The van der Waals surface area contributed by atoms with Crippen molar-refractivity contribution in [1.82, 2.24) is 9.97 Å². The topological polar surface area (TPSA) is 110 Å². The first-order chi connectivity index (χ1) is 12.5. The SMILES string of the molecule is COc1ccc2nc(SCC(=O)Nc3cccc([N+](=O)[O-])c3C)[nH]c2c1. The van der Waals surface area contributed by atoms with Crippen molar-refractivity contribution in [2.45, 2.75) is 12.1 Å². The Morgan fingerprint density at radius 3 is 2.92 bits per heavy atom. The van der Waals surface area contributed by atoms with Gasteiger partial charge >= 0.3 is 0 Å². The molecular formula is C17H16N4O4S. The minimum Gasteiger partial charge on any atom is -0.497 e. The predicted octanol–water partition coefficient (Wildman–Crippen LogP) is 3.52. The van der Waals surface area contributed by atoms with Gasteiger partial charge in [0.1, 0.15) is 5.75 Å². The Morgan fingerprint density at radius 1 is 1.38 bits per heavy atom. The zero-order valence-corrected chi connectivity index (χ0v) is 14.9. The van der Waals surface area contributed by atoms with Gasteiger partial charge in [-0.2, -0.15) is 0 Å². The zero-order chi connectivity index (χ0) is 18.7. The van der Waals surface area contributed by atoms with E-state index in [2.05, 4.69) is 15.3 Å². The molecule has 8 nitrogen and oxygen atoms in total. The monoisotopic (exact) mass is 372 g/mol. The summed E-state index contributed by atoms with van der Waals surface area (Å²) in [6.45, 7) is 1.60. The fraction of sp³-hybridized carbons (Fsp3) is 0.176. The lowest BCUT2D eigenvalue weighted by molar-refractivity contribution is -0.385. The van der Waals surface area contributed by atoms with Crippen molar-refractivity contribution < 1.29 is 14.5 Å². The maximum absolute atomic E-state index is 12.2. The van der Waals surface area contributed by atoms with Crippen LogP contribution in [0.15, 0.2) is 41.6 Å². The average molecular weight is 372 g/mol. The van der Waals surface area contributed by atoms with Gasteiger partial charge in [0.25, 0.3) is 5.69 Å². The molecule has 0 saturated heterocycles. The molecule has 0 unspecified atom stereocenters. The molecule has 2 aromatic carbocycles. The summed E-state index contributed by atoms with van der Waals surface area (Å²) in [4.78, 5) is 30.2. The number of aromatic nitrogens is 2. The maximum atomic E-state index is 12.2.